The molecule has 1 aromatic carbocycles. The van der Waals surface area contributed by atoms with E-state index < -0.39 is 15.9 Å². The van der Waals surface area contributed by atoms with Gasteiger partial charge in [-0.25, -0.2) is 12.7 Å². The van der Waals surface area contributed by atoms with E-state index >= 15 is 0 Å². The van der Waals surface area contributed by atoms with Crippen LogP contribution in [0.25, 0.3) is 10.6 Å². The molecule has 0 radical (unpaired) electrons. The second-order valence-electron chi connectivity index (χ2n) is 6.39. The molecule has 27 heavy (non-hydrogen) atoms. The molecule has 1 N–H and O–H groups in total. The van der Waals surface area contributed by atoms with Crippen LogP contribution in [-0.2, 0) is 14.8 Å². The van der Waals surface area contributed by atoms with Gasteiger partial charge in [0, 0.05) is 18.7 Å². The van der Waals surface area contributed by atoms with Crippen molar-refractivity contribution in [1.29, 1.82) is 0 Å². The van der Waals surface area contributed by atoms with Crippen LogP contribution in [0.4, 0.5) is 5.13 Å². The van der Waals surface area contributed by atoms with Crippen LogP contribution in [0.15, 0.2) is 24.3 Å². The number of nitrogens with zero attached hydrogens (tertiary/aromatic N) is 3. The summed E-state index contributed by atoms with van der Waals surface area (Å²) in [5.41, 5.74) is 0.756. The number of hydrogen-bond acceptors (Lipinski definition) is 6. The summed E-state index contributed by atoms with van der Waals surface area (Å²) < 4.78 is 26.0. The first-order chi connectivity index (χ1) is 12.9. The highest BCUT2D eigenvalue weighted by molar-refractivity contribution is 7.89. The number of aromatic nitrogens is 2. The maximum atomic E-state index is 12.6. The average Bonchev–Trinajstić information content (AvgIpc) is 3.10. The molecule has 0 aliphatic carbocycles. The third kappa shape index (κ3) is 4.84. The summed E-state index contributed by atoms with van der Waals surface area (Å²) in [5.74, 6) is -0.509. The summed E-state index contributed by atoms with van der Waals surface area (Å²) in [4.78, 5) is 12.6. The molecule has 1 unspecified atom stereocenters. The topological polar surface area (TPSA) is 92.3 Å². The largest absolute Gasteiger partial charge is 0.300 e. The third-order valence-corrected chi connectivity index (χ3v) is 7.61. The lowest BCUT2D eigenvalue weighted by molar-refractivity contribution is -0.120. The van der Waals surface area contributed by atoms with Crippen molar-refractivity contribution < 1.29 is 13.2 Å². The number of benzene rings is 1. The Kier molecular flexibility index (Phi) is 6.46. The Morgan fingerprint density at radius 1 is 1.37 bits per heavy atom. The Morgan fingerprint density at radius 2 is 2.15 bits per heavy atom. The summed E-state index contributed by atoms with van der Waals surface area (Å²) in [6.45, 7) is 2.52. The van der Waals surface area contributed by atoms with Gasteiger partial charge in [0.2, 0.25) is 21.1 Å². The summed E-state index contributed by atoms with van der Waals surface area (Å²) in [5, 5.41) is 12.4. The van der Waals surface area contributed by atoms with Gasteiger partial charge in [-0.05, 0) is 25.3 Å². The van der Waals surface area contributed by atoms with Crippen LogP contribution in [-0.4, -0.2) is 47.7 Å². The fourth-order valence-corrected chi connectivity index (χ4v) is 5.68. The highest BCUT2D eigenvalue weighted by Crippen LogP contribution is 2.32. The van der Waals surface area contributed by atoms with Gasteiger partial charge in [-0.15, -0.1) is 10.2 Å². The zero-order valence-corrected chi connectivity index (χ0v) is 17.3. The first-order valence-corrected chi connectivity index (χ1v) is 11.6. The molecule has 146 valence electrons. The fraction of sp³-hybridized carbons (Fsp3) is 0.471. The Morgan fingerprint density at radius 3 is 2.89 bits per heavy atom. The highest BCUT2D eigenvalue weighted by atomic mass is 35.5. The molecule has 1 aliphatic rings. The molecule has 1 atom stereocenters. The van der Waals surface area contributed by atoms with Gasteiger partial charge in [0.05, 0.1) is 16.7 Å². The van der Waals surface area contributed by atoms with E-state index in [-0.39, 0.29) is 18.2 Å². The monoisotopic (exact) mass is 428 g/mol. The Balaban J connectivity index is 1.66. The Bertz CT molecular complexity index is 916. The van der Waals surface area contributed by atoms with Crippen LogP contribution in [0.1, 0.15) is 26.2 Å². The molecule has 1 saturated heterocycles. The van der Waals surface area contributed by atoms with Crippen molar-refractivity contribution in [3.63, 3.8) is 0 Å². The van der Waals surface area contributed by atoms with Gasteiger partial charge in [0.1, 0.15) is 0 Å². The zero-order chi connectivity index (χ0) is 19.4. The van der Waals surface area contributed by atoms with E-state index in [9.17, 15) is 13.2 Å². The maximum absolute atomic E-state index is 12.6. The fourth-order valence-electron chi connectivity index (χ4n) is 3.02. The van der Waals surface area contributed by atoms with Gasteiger partial charge in [-0.1, -0.05) is 48.1 Å². The van der Waals surface area contributed by atoms with Gasteiger partial charge >= 0.3 is 0 Å². The summed E-state index contributed by atoms with van der Waals surface area (Å²) in [6.07, 6.45) is 1.88. The molecule has 3 rings (SSSR count). The minimum absolute atomic E-state index is 0.110. The number of sulfonamides is 1. The maximum Gasteiger partial charge on any atom is 0.230 e. The number of halogens is 1. The molecule has 1 amide bonds. The van der Waals surface area contributed by atoms with Crippen LogP contribution in [0.2, 0.25) is 5.02 Å². The van der Waals surface area contributed by atoms with E-state index in [1.54, 1.807) is 6.07 Å². The van der Waals surface area contributed by atoms with Crippen molar-refractivity contribution in [2.75, 3.05) is 24.2 Å². The smallest absolute Gasteiger partial charge is 0.230 e. The molecule has 2 heterocycles. The number of carbonyl (C=O) groups excluding carboxylic acids is 1. The van der Waals surface area contributed by atoms with Gasteiger partial charge in [-0.3, -0.25) is 4.79 Å². The lowest BCUT2D eigenvalue weighted by atomic mass is 9.99. The molecule has 0 bridgehead atoms. The number of anilines is 1. The van der Waals surface area contributed by atoms with E-state index in [4.69, 9.17) is 11.6 Å². The van der Waals surface area contributed by atoms with Crippen LogP contribution in [0, 0.1) is 5.92 Å². The number of rotatable bonds is 6. The SMILES string of the molecule is CCCS(=O)(=O)N1CCCC(C(=O)Nc2nnc(-c3ccccc3Cl)s2)C1. The van der Waals surface area contributed by atoms with Crippen LogP contribution < -0.4 is 5.32 Å². The molecule has 2 aromatic rings. The number of amides is 1. The van der Waals surface area contributed by atoms with Crippen molar-refractivity contribution >= 4 is 44.0 Å². The van der Waals surface area contributed by atoms with Gasteiger partial charge in [0.25, 0.3) is 0 Å². The van der Waals surface area contributed by atoms with Gasteiger partial charge < -0.3 is 5.32 Å². The minimum atomic E-state index is -3.30. The van der Waals surface area contributed by atoms with Crippen molar-refractivity contribution in [2.24, 2.45) is 5.92 Å². The predicted molar refractivity (Wildman–Crippen MR) is 107 cm³/mol. The average molecular weight is 429 g/mol. The van der Waals surface area contributed by atoms with E-state index in [0.717, 1.165) is 5.56 Å². The van der Waals surface area contributed by atoms with Crippen LogP contribution >= 0.6 is 22.9 Å². The molecule has 1 aromatic heterocycles. The normalized spacial score (nSPS) is 18.4. The summed E-state index contributed by atoms with van der Waals surface area (Å²) >= 11 is 7.41. The van der Waals surface area contributed by atoms with E-state index in [1.165, 1.54) is 15.6 Å². The number of piperidine rings is 1. The van der Waals surface area contributed by atoms with E-state index in [0.29, 0.717) is 41.0 Å². The predicted octanol–water partition coefficient (Wildman–Crippen LogP) is 3.25. The van der Waals surface area contributed by atoms with Crippen LogP contribution in [0.3, 0.4) is 0 Å². The summed E-state index contributed by atoms with van der Waals surface area (Å²) in [7, 11) is -3.30. The molecule has 10 heteroatoms. The Labute approximate surface area is 167 Å². The van der Waals surface area contributed by atoms with E-state index in [1.807, 2.05) is 25.1 Å². The summed E-state index contributed by atoms with van der Waals surface area (Å²) in [6, 6.07) is 7.29. The lowest BCUT2D eigenvalue weighted by Crippen LogP contribution is -2.44. The van der Waals surface area contributed by atoms with E-state index in [2.05, 4.69) is 15.5 Å². The molecular formula is C17H21ClN4O3S2. The first-order valence-electron chi connectivity index (χ1n) is 8.78. The standard InChI is InChI=1S/C17H21ClN4O3S2/c1-2-10-27(24,25)22-9-5-6-12(11-22)15(23)19-17-21-20-16(26-17)13-7-3-4-8-14(13)18/h3-4,7-8,12H,2,5-6,9-11H2,1H3,(H,19,21,23). The molecule has 1 aliphatic heterocycles. The van der Waals surface area contributed by atoms with Gasteiger partial charge in [0.15, 0.2) is 5.01 Å². The molecule has 1 fully saturated rings. The molecule has 0 saturated carbocycles. The second kappa shape index (κ2) is 8.64. The number of carbonyl (C=O) groups is 1. The van der Waals surface area contributed by atoms with Crippen molar-refractivity contribution in [2.45, 2.75) is 26.2 Å². The number of nitrogens with one attached hydrogen (secondary N) is 1. The first kappa shape index (κ1) is 20.2. The lowest BCUT2D eigenvalue weighted by Gasteiger charge is -2.30. The highest BCUT2D eigenvalue weighted by Gasteiger charge is 2.32. The van der Waals surface area contributed by atoms with Crippen molar-refractivity contribution in [3.05, 3.63) is 29.3 Å². The quantitative estimate of drug-likeness (QED) is 0.762. The molecule has 0 spiro atoms. The number of hydrogen-bond donors (Lipinski definition) is 1. The minimum Gasteiger partial charge on any atom is -0.300 e. The Hall–Kier alpha value is -1.55. The zero-order valence-electron chi connectivity index (χ0n) is 14.9. The van der Waals surface area contributed by atoms with Gasteiger partial charge in [-0.2, -0.15) is 0 Å². The molecular weight excluding hydrogens is 408 g/mol. The molecule has 7 nitrogen and oxygen atoms in total. The van der Waals surface area contributed by atoms with Crippen LogP contribution in [0.5, 0.6) is 0 Å². The second-order valence-corrected chi connectivity index (χ2v) is 9.87. The third-order valence-electron chi connectivity index (χ3n) is 4.37. The van der Waals surface area contributed by atoms with Crippen molar-refractivity contribution in [1.82, 2.24) is 14.5 Å². The van der Waals surface area contributed by atoms with Crippen molar-refractivity contribution in [3.8, 4) is 10.6 Å².